The summed E-state index contributed by atoms with van der Waals surface area (Å²) in [5, 5.41) is 7.19. The number of hydrogen-bond acceptors (Lipinski definition) is 3. The minimum atomic E-state index is 0.461. The number of benzene rings is 9. The fourth-order valence-electron chi connectivity index (χ4n) is 9.73. The van der Waals surface area contributed by atoms with Crippen molar-refractivity contribution in [3.05, 3.63) is 224 Å². The molecule has 0 fully saturated rings. The number of nitrogens with zero attached hydrogens (tertiary/aromatic N) is 5. The zero-order chi connectivity index (χ0) is 42.1. The van der Waals surface area contributed by atoms with Gasteiger partial charge in [0.15, 0.2) is 11.6 Å². The van der Waals surface area contributed by atoms with E-state index in [0.29, 0.717) is 17.5 Å². The fraction of sp³-hybridized carbons (Fsp3) is 0. The molecule has 4 heterocycles. The van der Waals surface area contributed by atoms with Crippen LogP contribution in [0.1, 0.15) is 0 Å². The van der Waals surface area contributed by atoms with E-state index in [4.69, 9.17) is 14.7 Å². The Balaban J connectivity index is 1.05. The smallest absolute Gasteiger partial charge is 0.223 e. The highest BCUT2D eigenvalue weighted by Crippen LogP contribution is 2.41. The molecule has 0 aliphatic rings. The maximum absolute atomic E-state index is 6.93. The molecule has 0 spiro atoms. The molecule has 13 rings (SSSR count). The minimum absolute atomic E-state index is 0.461. The molecule has 6 heteroatoms. The third kappa shape index (κ3) is 5.66. The van der Waals surface area contributed by atoms with Crippen LogP contribution in [-0.4, -0.2) is 23.7 Å². The third-order valence-electron chi connectivity index (χ3n) is 12.5. The second kappa shape index (κ2) is 14.4. The van der Waals surface area contributed by atoms with Gasteiger partial charge in [-0.1, -0.05) is 146 Å². The van der Waals surface area contributed by atoms with Gasteiger partial charge >= 0.3 is 0 Å². The molecule has 0 radical (unpaired) electrons. The second-order valence-electron chi connectivity index (χ2n) is 16.2. The van der Waals surface area contributed by atoms with E-state index in [1.807, 2.05) is 66.7 Å². The number of ether oxygens (including phenoxy) is 1. The van der Waals surface area contributed by atoms with Gasteiger partial charge in [-0.25, -0.2) is 4.98 Å². The van der Waals surface area contributed by atoms with Gasteiger partial charge in [0, 0.05) is 60.9 Å². The van der Waals surface area contributed by atoms with Gasteiger partial charge in [0.25, 0.3) is 0 Å². The zero-order valence-electron chi connectivity index (χ0n) is 34.5. The minimum Gasteiger partial charge on any atom is -0.437 e. The average Bonchev–Trinajstić information content (AvgIpc) is 4.00. The van der Waals surface area contributed by atoms with Gasteiger partial charge in [0.2, 0.25) is 5.88 Å². The molecule has 0 aliphatic carbocycles. The maximum atomic E-state index is 6.93. The van der Waals surface area contributed by atoms with Crippen molar-refractivity contribution in [2.75, 3.05) is 0 Å². The Morgan fingerprint density at radius 2 is 0.734 bits per heavy atom. The summed E-state index contributed by atoms with van der Waals surface area (Å²) in [6, 6.07) is 78.9. The van der Waals surface area contributed by atoms with Crippen LogP contribution in [0.25, 0.3) is 105 Å². The Labute approximate surface area is 368 Å². The molecule has 64 heavy (non-hydrogen) atoms. The molecule has 9 aromatic carbocycles. The number of rotatable bonds is 7. The van der Waals surface area contributed by atoms with E-state index in [-0.39, 0.29) is 0 Å². The van der Waals surface area contributed by atoms with Gasteiger partial charge in [-0.05, 0) is 72.8 Å². The van der Waals surface area contributed by atoms with Crippen molar-refractivity contribution in [2.45, 2.75) is 0 Å². The summed E-state index contributed by atoms with van der Waals surface area (Å²) >= 11 is 0. The average molecular weight is 820 g/mol. The summed E-state index contributed by atoms with van der Waals surface area (Å²) in [4.78, 5) is 10.0. The monoisotopic (exact) mass is 819 g/mol. The van der Waals surface area contributed by atoms with E-state index in [9.17, 15) is 0 Å². The van der Waals surface area contributed by atoms with E-state index >= 15 is 0 Å². The quantitative estimate of drug-likeness (QED) is 0.161. The highest BCUT2D eigenvalue weighted by Gasteiger charge is 2.21. The Hall–Kier alpha value is -8.74. The van der Waals surface area contributed by atoms with Crippen LogP contribution in [0.3, 0.4) is 0 Å². The SMILES string of the molecule is c1ccc(-c2cc(Oc3ccccc3-n3c4ccc(-n5c6ccccc6c6ccccc65)cc4c4cc(-n5c6ccccc6c6ccccc65)ccc43)nc(-c3ccccc3)n2)cc1. The molecular formula is C58H37N5O. The van der Waals surface area contributed by atoms with Crippen LogP contribution in [0.5, 0.6) is 11.6 Å². The normalized spacial score (nSPS) is 11.8. The Bertz CT molecular complexity index is 3600. The molecule has 0 saturated heterocycles. The van der Waals surface area contributed by atoms with Crippen LogP contribution in [0.2, 0.25) is 0 Å². The largest absolute Gasteiger partial charge is 0.437 e. The van der Waals surface area contributed by atoms with Gasteiger partial charge in [0.1, 0.15) is 0 Å². The van der Waals surface area contributed by atoms with Crippen molar-refractivity contribution in [1.29, 1.82) is 0 Å². The van der Waals surface area contributed by atoms with E-state index in [1.54, 1.807) is 0 Å². The number of fused-ring (bicyclic) bond motifs is 9. The van der Waals surface area contributed by atoms with Gasteiger partial charge in [-0.15, -0.1) is 0 Å². The summed E-state index contributed by atoms with van der Waals surface area (Å²) in [7, 11) is 0. The first-order chi connectivity index (χ1) is 31.7. The molecular weight excluding hydrogens is 783 g/mol. The molecule has 0 amide bonds. The van der Waals surface area contributed by atoms with Crippen molar-refractivity contribution in [3.8, 4) is 51.3 Å². The van der Waals surface area contributed by atoms with Crippen molar-refractivity contribution in [2.24, 2.45) is 0 Å². The molecule has 6 nitrogen and oxygen atoms in total. The van der Waals surface area contributed by atoms with Crippen molar-refractivity contribution in [3.63, 3.8) is 0 Å². The van der Waals surface area contributed by atoms with Gasteiger partial charge in [-0.2, -0.15) is 4.98 Å². The summed E-state index contributed by atoms with van der Waals surface area (Å²) in [5.74, 6) is 1.74. The van der Waals surface area contributed by atoms with Gasteiger partial charge in [0.05, 0.1) is 44.5 Å². The molecule has 0 saturated carbocycles. The van der Waals surface area contributed by atoms with Crippen LogP contribution in [-0.2, 0) is 0 Å². The zero-order valence-corrected chi connectivity index (χ0v) is 34.5. The molecule has 0 atom stereocenters. The first-order valence-electron chi connectivity index (χ1n) is 21.6. The molecule has 0 bridgehead atoms. The van der Waals surface area contributed by atoms with Crippen LogP contribution in [0.4, 0.5) is 0 Å². The van der Waals surface area contributed by atoms with Crippen molar-refractivity contribution in [1.82, 2.24) is 23.7 Å². The molecule has 0 aliphatic heterocycles. The van der Waals surface area contributed by atoms with Gasteiger partial charge < -0.3 is 18.4 Å². The first kappa shape index (κ1) is 36.0. The predicted molar refractivity (Wildman–Crippen MR) is 262 cm³/mol. The lowest BCUT2D eigenvalue weighted by molar-refractivity contribution is 0.461. The van der Waals surface area contributed by atoms with Gasteiger partial charge in [-0.3, -0.25) is 0 Å². The van der Waals surface area contributed by atoms with Crippen molar-refractivity contribution < 1.29 is 4.74 Å². The van der Waals surface area contributed by atoms with Crippen molar-refractivity contribution >= 4 is 65.4 Å². The highest BCUT2D eigenvalue weighted by atomic mass is 16.5. The molecule has 0 N–H and O–H groups in total. The summed E-state index contributed by atoms with van der Waals surface area (Å²) < 4.78 is 14.1. The topological polar surface area (TPSA) is 49.8 Å². The van der Waals surface area contributed by atoms with E-state index < -0.39 is 0 Å². The Morgan fingerprint density at radius 1 is 0.312 bits per heavy atom. The Morgan fingerprint density at radius 3 is 1.25 bits per heavy atom. The van der Waals surface area contributed by atoms with Crippen LogP contribution in [0.15, 0.2) is 224 Å². The summed E-state index contributed by atoms with van der Waals surface area (Å²) in [5.41, 5.74) is 12.6. The number of aromatic nitrogens is 5. The third-order valence-corrected chi connectivity index (χ3v) is 12.5. The van der Waals surface area contributed by atoms with Crippen LogP contribution < -0.4 is 4.74 Å². The lowest BCUT2D eigenvalue weighted by Gasteiger charge is -2.15. The standard InChI is InChI=1S/C58H37N5O/c1-3-17-38(18-4-1)48-37-57(60-58(59-48)39-19-5-2-6-20-39)64-56-30-16-15-29-55(56)63-53-33-31-40(61-49-25-11-7-21-42(49)43-22-8-12-26-50(43)61)35-46(53)47-36-41(32-34-54(47)63)62-51-27-13-9-23-44(51)45-24-10-14-28-52(45)62/h1-37H. The summed E-state index contributed by atoms with van der Waals surface area (Å²) in [6.07, 6.45) is 0. The molecule has 300 valence electrons. The van der Waals surface area contributed by atoms with E-state index in [2.05, 4.69) is 171 Å². The lowest BCUT2D eigenvalue weighted by atomic mass is 10.1. The first-order valence-corrected chi connectivity index (χ1v) is 21.6. The molecule has 0 unspecified atom stereocenters. The maximum Gasteiger partial charge on any atom is 0.223 e. The van der Waals surface area contributed by atoms with Crippen LogP contribution >= 0.6 is 0 Å². The molecule has 4 aromatic heterocycles. The van der Waals surface area contributed by atoms with E-state index in [0.717, 1.165) is 55.7 Å². The number of hydrogen-bond donors (Lipinski definition) is 0. The second-order valence-corrected chi connectivity index (χ2v) is 16.2. The van der Waals surface area contributed by atoms with Crippen LogP contribution in [0, 0.1) is 0 Å². The fourth-order valence-corrected chi connectivity index (χ4v) is 9.73. The molecule has 13 aromatic rings. The lowest BCUT2D eigenvalue weighted by Crippen LogP contribution is -2.01. The summed E-state index contributed by atoms with van der Waals surface area (Å²) in [6.45, 7) is 0. The highest BCUT2D eigenvalue weighted by molar-refractivity contribution is 6.14. The number of para-hydroxylation sites is 6. The Kier molecular flexibility index (Phi) is 8.11. The predicted octanol–water partition coefficient (Wildman–Crippen LogP) is 14.9. The van der Waals surface area contributed by atoms with E-state index in [1.165, 1.54) is 43.6 Å².